The molecule has 0 amide bonds. The Labute approximate surface area is 86.2 Å². The molecule has 0 bridgehead atoms. The lowest BCUT2D eigenvalue weighted by atomic mass is 9.74. The Morgan fingerprint density at radius 1 is 1.14 bits per heavy atom. The van der Waals surface area contributed by atoms with Crippen LogP contribution in [0.3, 0.4) is 0 Å². The molecule has 2 aliphatic carbocycles. The molecule has 2 N–H and O–H groups in total. The van der Waals surface area contributed by atoms with E-state index in [9.17, 15) is 4.39 Å². The highest BCUT2D eigenvalue weighted by Gasteiger charge is 2.45. The fourth-order valence-corrected chi connectivity index (χ4v) is 3.21. The summed E-state index contributed by atoms with van der Waals surface area (Å²) in [6.07, 6.45) is 6.83. The monoisotopic (exact) mass is 199 g/mol. The second kappa shape index (κ2) is 3.80. The van der Waals surface area contributed by atoms with E-state index in [4.69, 9.17) is 5.73 Å². The van der Waals surface area contributed by atoms with Crippen LogP contribution in [-0.4, -0.2) is 11.7 Å². The molecule has 14 heavy (non-hydrogen) atoms. The second-order valence-corrected chi connectivity index (χ2v) is 5.49. The van der Waals surface area contributed by atoms with Gasteiger partial charge in [-0.25, -0.2) is 4.39 Å². The zero-order valence-corrected chi connectivity index (χ0v) is 9.14. The Morgan fingerprint density at radius 3 is 2.29 bits per heavy atom. The second-order valence-electron chi connectivity index (χ2n) is 5.49. The van der Waals surface area contributed by atoms with Crippen LogP contribution < -0.4 is 5.73 Å². The first-order chi connectivity index (χ1) is 6.60. The van der Waals surface area contributed by atoms with Gasteiger partial charge in [-0.15, -0.1) is 0 Å². The number of hydrogen-bond acceptors (Lipinski definition) is 1. The Kier molecular flexibility index (Phi) is 2.83. The van der Waals surface area contributed by atoms with Gasteiger partial charge in [0, 0.05) is 6.04 Å². The van der Waals surface area contributed by atoms with Gasteiger partial charge in [-0.3, -0.25) is 0 Å². The van der Waals surface area contributed by atoms with Gasteiger partial charge >= 0.3 is 0 Å². The summed E-state index contributed by atoms with van der Waals surface area (Å²) in [7, 11) is 0. The van der Waals surface area contributed by atoms with Crippen molar-refractivity contribution in [1.82, 2.24) is 0 Å². The number of halogens is 1. The first-order valence-corrected chi connectivity index (χ1v) is 6.04. The van der Waals surface area contributed by atoms with Crippen molar-refractivity contribution in [3.8, 4) is 0 Å². The average Bonchev–Trinajstić information content (AvgIpc) is 2.48. The van der Waals surface area contributed by atoms with Gasteiger partial charge < -0.3 is 5.73 Å². The van der Waals surface area contributed by atoms with Crippen molar-refractivity contribution in [3.63, 3.8) is 0 Å². The Hall–Kier alpha value is -0.110. The molecular formula is C12H22FN. The van der Waals surface area contributed by atoms with Crippen LogP contribution in [0, 0.1) is 11.8 Å². The van der Waals surface area contributed by atoms with Crippen LogP contribution in [0.1, 0.15) is 51.9 Å². The SMILES string of the molecule is CC1CCC(C2(F)CCC(N)C2)CC1. The minimum atomic E-state index is -0.903. The largest absolute Gasteiger partial charge is 0.328 e. The summed E-state index contributed by atoms with van der Waals surface area (Å²) < 4.78 is 14.5. The molecule has 2 aliphatic rings. The molecule has 2 atom stereocenters. The fraction of sp³-hybridized carbons (Fsp3) is 1.00. The maximum absolute atomic E-state index is 14.5. The maximum atomic E-state index is 14.5. The van der Waals surface area contributed by atoms with Gasteiger partial charge in [-0.1, -0.05) is 19.8 Å². The summed E-state index contributed by atoms with van der Waals surface area (Å²) in [4.78, 5) is 0. The number of alkyl halides is 1. The summed E-state index contributed by atoms with van der Waals surface area (Å²) in [5, 5.41) is 0. The highest BCUT2D eigenvalue weighted by Crippen LogP contribution is 2.46. The van der Waals surface area contributed by atoms with Crippen molar-refractivity contribution < 1.29 is 4.39 Å². The molecule has 2 unspecified atom stereocenters. The van der Waals surface area contributed by atoms with Gasteiger partial charge in [0.25, 0.3) is 0 Å². The van der Waals surface area contributed by atoms with E-state index in [2.05, 4.69) is 6.92 Å². The van der Waals surface area contributed by atoms with Crippen molar-refractivity contribution in [1.29, 1.82) is 0 Å². The molecule has 0 aliphatic heterocycles. The molecule has 0 spiro atoms. The van der Waals surface area contributed by atoms with Gasteiger partial charge in [-0.05, 0) is 43.9 Å². The normalized spacial score (nSPS) is 49.5. The fourth-order valence-electron chi connectivity index (χ4n) is 3.21. The molecule has 2 heteroatoms. The predicted octanol–water partition coefficient (Wildman–Crippen LogP) is 3.03. The summed E-state index contributed by atoms with van der Waals surface area (Å²) in [6.45, 7) is 2.28. The van der Waals surface area contributed by atoms with Crippen LogP contribution in [0.15, 0.2) is 0 Å². The lowest BCUT2D eigenvalue weighted by molar-refractivity contribution is 0.0525. The molecule has 0 heterocycles. The van der Waals surface area contributed by atoms with Crippen LogP contribution in [0.2, 0.25) is 0 Å². The van der Waals surface area contributed by atoms with Crippen LogP contribution in [0.25, 0.3) is 0 Å². The van der Waals surface area contributed by atoms with E-state index in [1.165, 1.54) is 12.8 Å². The van der Waals surface area contributed by atoms with E-state index in [-0.39, 0.29) is 6.04 Å². The smallest absolute Gasteiger partial charge is 0.115 e. The zero-order chi connectivity index (χ0) is 10.2. The first kappa shape index (κ1) is 10.4. The van der Waals surface area contributed by atoms with Gasteiger partial charge in [-0.2, -0.15) is 0 Å². The van der Waals surface area contributed by atoms with E-state index in [1.807, 2.05) is 0 Å². The van der Waals surface area contributed by atoms with Crippen LogP contribution in [0.5, 0.6) is 0 Å². The van der Waals surface area contributed by atoms with E-state index < -0.39 is 5.67 Å². The number of hydrogen-bond donors (Lipinski definition) is 1. The lowest BCUT2D eigenvalue weighted by Crippen LogP contribution is -2.34. The molecule has 1 nitrogen and oxygen atoms in total. The molecule has 2 fully saturated rings. The quantitative estimate of drug-likeness (QED) is 0.690. The van der Waals surface area contributed by atoms with Crippen LogP contribution >= 0.6 is 0 Å². The van der Waals surface area contributed by atoms with Crippen molar-refractivity contribution in [2.75, 3.05) is 0 Å². The molecule has 0 aromatic heterocycles. The standard InChI is InChI=1S/C12H22FN/c1-9-2-4-10(5-3-9)12(13)7-6-11(14)8-12/h9-11H,2-8,14H2,1H3. The van der Waals surface area contributed by atoms with E-state index >= 15 is 0 Å². The molecule has 2 rings (SSSR count). The first-order valence-electron chi connectivity index (χ1n) is 6.04. The Bertz CT molecular complexity index is 198. The summed E-state index contributed by atoms with van der Waals surface area (Å²) in [6, 6.07) is 0.124. The number of rotatable bonds is 1. The topological polar surface area (TPSA) is 26.0 Å². The van der Waals surface area contributed by atoms with E-state index in [0.29, 0.717) is 18.8 Å². The third-order valence-corrected chi connectivity index (χ3v) is 4.28. The third-order valence-electron chi connectivity index (χ3n) is 4.28. The van der Waals surface area contributed by atoms with Crippen molar-refractivity contribution in [3.05, 3.63) is 0 Å². The molecule has 82 valence electrons. The van der Waals surface area contributed by atoms with Gasteiger partial charge in [0.05, 0.1) is 0 Å². The molecule has 0 aromatic rings. The van der Waals surface area contributed by atoms with Gasteiger partial charge in [0.2, 0.25) is 0 Å². The van der Waals surface area contributed by atoms with E-state index in [1.54, 1.807) is 0 Å². The minimum absolute atomic E-state index is 0.124. The zero-order valence-electron chi connectivity index (χ0n) is 9.14. The average molecular weight is 199 g/mol. The third kappa shape index (κ3) is 1.95. The van der Waals surface area contributed by atoms with Crippen molar-refractivity contribution in [2.45, 2.75) is 63.6 Å². The summed E-state index contributed by atoms with van der Waals surface area (Å²) in [5.74, 6) is 1.12. The van der Waals surface area contributed by atoms with Crippen molar-refractivity contribution in [2.24, 2.45) is 17.6 Å². The highest BCUT2D eigenvalue weighted by molar-refractivity contribution is 4.97. The Morgan fingerprint density at radius 2 is 1.79 bits per heavy atom. The van der Waals surface area contributed by atoms with Crippen molar-refractivity contribution >= 4 is 0 Å². The lowest BCUT2D eigenvalue weighted by Gasteiger charge is -2.35. The Balaban J connectivity index is 1.94. The van der Waals surface area contributed by atoms with E-state index in [0.717, 1.165) is 25.2 Å². The molecule has 0 radical (unpaired) electrons. The number of nitrogens with two attached hydrogens (primary N) is 1. The van der Waals surface area contributed by atoms with Gasteiger partial charge in [0.15, 0.2) is 0 Å². The van der Waals surface area contributed by atoms with Gasteiger partial charge in [0.1, 0.15) is 5.67 Å². The molecular weight excluding hydrogens is 177 g/mol. The van der Waals surface area contributed by atoms with Crippen LogP contribution in [0.4, 0.5) is 4.39 Å². The highest BCUT2D eigenvalue weighted by atomic mass is 19.1. The molecule has 0 saturated heterocycles. The maximum Gasteiger partial charge on any atom is 0.115 e. The summed E-state index contributed by atoms with van der Waals surface area (Å²) in [5.41, 5.74) is 4.90. The predicted molar refractivity (Wildman–Crippen MR) is 56.8 cm³/mol. The van der Waals surface area contributed by atoms with Crippen LogP contribution in [-0.2, 0) is 0 Å². The summed E-state index contributed by atoms with van der Waals surface area (Å²) >= 11 is 0. The molecule has 0 aromatic carbocycles. The minimum Gasteiger partial charge on any atom is -0.328 e. The molecule has 2 saturated carbocycles.